The largest absolute Gasteiger partial charge is 0.480 e. The second-order valence-electron chi connectivity index (χ2n) is 9.08. The van der Waals surface area contributed by atoms with Crippen molar-refractivity contribution in [2.75, 3.05) is 6.54 Å². The summed E-state index contributed by atoms with van der Waals surface area (Å²) in [5.41, 5.74) is 12.2. The number of carbonyl (C=O) groups is 4. The molecule has 36 heavy (non-hydrogen) atoms. The number of carbonyl (C=O) groups excluding carboxylic acids is 3. The maximum absolute atomic E-state index is 13.2. The highest BCUT2D eigenvalue weighted by molar-refractivity contribution is 5.94. The third-order valence-electron chi connectivity index (χ3n) is 6.06. The zero-order valence-corrected chi connectivity index (χ0v) is 21.3. The molecule has 0 aromatic heterocycles. The number of nitrogens with two attached hydrogens (primary N) is 2. The van der Waals surface area contributed by atoms with E-state index in [2.05, 4.69) is 16.0 Å². The van der Waals surface area contributed by atoms with Crippen molar-refractivity contribution in [3.63, 3.8) is 0 Å². The zero-order valence-electron chi connectivity index (χ0n) is 21.3. The average Bonchev–Trinajstić information content (AvgIpc) is 2.84. The lowest BCUT2D eigenvalue weighted by atomic mass is 9.98. The molecule has 1 rings (SSSR count). The van der Waals surface area contributed by atoms with Crippen molar-refractivity contribution in [1.82, 2.24) is 16.0 Å². The van der Waals surface area contributed by atoms with E-state index in [1.165, 1.54) is 6.92 Å². The summed E-state index contributed by atoms with van der Waals surface area (Å²) in [6.07, 6.45) is 1.06. The van der Waals surface area contributed by atoms with Gasteiger partial charge >= 0.3 is 5.97 Å². The van der Waals surface area contributed by atoms with Crippen molar-refractivity contribution < 1.29 is 29.4 Å². The van der Waals surface area contributed by atoms with E-state index >= 15 is 0 Å². The van der Waals surface area contributed by atoms with Crippen LogP contribution in [0.1, 0.15) is 52.0 Å². The number of nitrogens with one attached hydrogen (secondary N) is 3. The number of carboxylic acid groups (broad SMARTS) is 1. The first-order chi connectivity index (χ1) is 17.0. The van der Waals surface area contributed by atoms with Crippen LogP contribution in [0.3, 0.4) is 0 Å². The molecule has 202 valence electrons. The summed E-state index contributed by atoms with van der Waals surface area (Å²) in [7, 11) is 0. The molecular formula is C25H41N5O6. The Morgan fingerprint density at radius 1 is 0.917 bits per heavy atom. The Kier molecular flexibility index (Phi) is 13.7. The van der Waals surface area contributed by atoms with E-state index in [-0.39, 0.29) is 12.3 Å². The number of amides is 3. The topological polar surface area (TPSA) is 197 Å². The molecule has 0 aliphatic rings. The second-order valence-corrected chi connectivity index (χ2v) is 9.08. The van der Waals surface area contributed by atoms with Gasteiger partial charge in [-0.25, -0.2) is 4.79 Å². The molecule has 0 heterocycles. The Labute approximate surface area is 212 Å². The Morgan fingerprint density at radius 3 is 2.06 bits per heavy atom. The van der Waals surface area contributed by atoms with Crippen LogP contribution in [0.15, 0.2) is 30.3 Å². The van der Waals surface area contributed by atoms with Crippen LogP contribution in [0.2, 0.25) is 0 Å². The van der Waals surface area contributed by atoms with Crippen LogP contribution in [0.4, 0.5) is 0 Å². The van der Waals surface area contributed by atoms with Gasteiger partial charge in [0, 0.05) is 6.42 Å². The van der Waals surface area contributed by atoms with Gasteiger partial charge < -0.3 is 37.6 Å². The lowest BCUT2D eigenvalue weighted by Gasteiger charge is -2.28. The van der Waals surface area contributed by atoms with Gasteiger partial charge in [-0.15, -0.1) is 0 Å². The van der Waals surface area contributed by atoms with E-state index in [9.17, 15) is 29.4 Å². The van der Waals surface area contributed by atoms with Gasteiger partial charge in [0.25, 0.3) is 0 Å². The van der Waals surface area contributed by atoms with Gasteiger partial charge in [0.05, 0.1) is 12.1 Å². The van der Waals surface area contributed by atoms with E-state index < -0.39 is 54.0 Å². The molecule has 0 saturated heterocycles. The Morgan fingerprint density at radius 2 is 1.53 bits per heavy atom. The number of unbranched alkanes of at least 4 members (excludes halogenated alkanes) is 1. The fraction of sp³-hybridized carbons (Fsp3) is 0.600. The summed E-state index contributed by atoms with van der Waals surface area (Å²) in [6.45, 7) is 5.26. The molecule has 0 spiro atoms. The Hall–Kier alpha value is -3.02. The highest BCUT2D eigenvalue weighted by Gasteiger charge is 2.34. The fourth-order valence-corrected chi connectivity index (χ4v) is 3.56. The number of hydrogen-bond acceptors (Lipinski definition) is 7. The van der Waals surface area contributed by atoms with Gasteiger partial charge in [0.2, 0.25) is 17.7 Å². The van der Waals surface area contributed by atoms with Gasteiger partial charge in [-0.2, -0.15) is 0 Å². The highest BCUT2D eigenvalue weighted by atomic mass is 16.4. The van der Waals surface area contributed by atoms with Crippen LogP contribution in [0.25, 0.3) is 0 Å². The molecule has 0 saturated carbocycles. The molecule has 6 unspecified atom stereocenters. The average molecular weight is 508 g/mol. The normalized spacial score (nSPS) is 16.1. The second kappa shape index (κ2) is 15.9. The van der Waals surface area contributed by atoms with Crippen molar-refractivity contribution in [3.8, 4) is 0 Å². The summed E-state index contributed by atoms with van der Waals surface area (Å²) < 4.78 is 0. The standard InChI is InChI=1S/C25H41N5O6/c1-4-15(2)20(25(35)36)29-24(34)21(16(3)31)30-23(33)19(14-17-10-6-5-7-11-17)28-22(32)18(27)12-8-9-13-26/h5-7,10-11,15-16,18-21,31H,4,8-9,12-14,26-27H2,1-3H3,(H,28,32)(H,29,34)(H,30,33)(H,35,36). The quantitative estimate of drug-likeness (QED) is 0.147. The van der Waals surface area contributed by atoms with Crippen LogP contribution >= 0.6 is 0 Å². The van der Waals surface area contributed by atoms with Gasteiger partial charge in [0.15, 0.2) is 0 Å². The summed E-state index contributed by atoms with van der Waals surface area (Å²) >= 11 is 0. The smallest absolute Gasteiger partial charge is 0.326 e. The fourth-order valence-electron chi connectivity index (χ4n) is 3.56. The Bertz CT molecular complexity index is 851. The van der Waals surface area contributed by atoms with Crippen LogP contribution in [0, 0.1) is 5.92 Å². The molecule has 0 aliphatic carbocycles. The molecule has 1 aromatic carbocycles. The lowest BCUT2D eigenvalue weighted by molar-refractivity contribution is -0.144. The predicted octanol–water partition coefficient (Wildman–Crippen LogP) is -0.349. The van der Waals surface area contributed by atoms with Crippen molar-refractivity contribution >= 4 is 23.7 Å². The van der Waals surface area contributed by atoms with Crippen molar-refractivity contribution in [2.45, 2.75) is 83.1 Å². The highest BCUT2D eigenvalue weighted by Crippen LogP contribution is 2.10. The number of hydrogen-bond donors (Lipinski definition) is 7. The predicted molar refractivity (Wildman–Crippen MR) is 136 cm³/mol. The minimum atomic E-state index is -1.43. The van der Waals surface area contributed by atoms with Gasteiger partial charge in [0.1, 0.15) is 18.1 Å². The zero-order chi connectivity index (χ0) is 27.3. The first kappa shape index (κ1) is 31.0. The summed E-state index contributed by atoms with van der Waals surface area (Å²) in [5.74, 6) is -3.66. The molecule has 0 bridgehead atoms. The third kappa shape index (κ3) is 10.3. The van der Waals surface area contributed by atoms with E-state index in [4.69, 9.17) is 11.5 Å². The number of aliphatic hydroxyl groups excluding tert-OH is 1. The van der Waals surface area contributed by atoms with E-state index in [1.807, 2.05) is 6.07 Å². The summed E-state index contributed by atoms with van der Waals surface area (Å²) in [4.78, 5) is 50.3. The number of aliphatic carboxylic acids is 1. The van der Waals surface area contributed by atoms with E-state index in [0.29, 0.717) is 32.2 Å². The van der Waals surface area contributed by atoms with Gasteiger partial charge in [-0.05, 0) is 37.8 Å². The Balaban J connectivity index is 3.04. The summed E-state index contributed by atoms with van der Waals surface area (Å²) in [6, 6.07) is 4.42. The van der Waals surface area contributed by atoms with E-state index in [0.717, 1.165) is 5.56 Å². The molecular weight excluding hydrogens is 466 g/mol. The number of rotatable bonds is 16. The van der Waals surface area contributed by atoms with Gasteiger partial charge in [-0.1, -0.05) is 57.0 Å². The molecule has 11 nitrogen and oxygen atoms in total. The first-order valence-electron chi connectivity index (χ1n) is 12.3. The van der Waals surface area contributed by atoms with Crippen LogP contribution in [-0.4, -0.2) is 70.7 Å². The minimum Gasteiger partial charge on any atom is -0.480 e. The van der Waals surface area contributed by atoms with Crippen molar-refractivity contribution in [2.24, 2.45) is 17.4 Å². The third-order valence-corrected chi connectivity index (χ3v) is 6.06. The maximum atomic E-state index is 13.2. The molecule has 0 radical (unpaired) electrons. The molecule has 6 atom stereocenters. The van der Waals surface area contributed by atoms with Crippen molar-refractivity contribution in [3.05, 3.63) is 35.9 Å². The maximum Gasteiger partial charge on any atom is 0.326 e. The number of aliphatic hydroxyl groups is 1. The molecule has 0 fully saturated rings. The summed E-state index contributed by atoms with van der Waals surface area (Å²) in [5, 5.41) is 27.2. The molecule has 3 amide bonds. The molecule has 1 aromatic rings. The number of benzene rings is 1. The molecule has 11 heteroatoms. The lowest BCUT2D eigenvalue weighted by Crippen LogP contribution is -2.60. The van der Waals surface area contributed by atoms with Crippen LogP contribution < -0.4 is 27.4 Å². The van der Waals surface area contributed by atoms with Crippen LogP contribution in [-0.2, 0) is 25.6 Å². The monoisotopic (exact) mass is 507 g/mol. The van der Waals surface area contributed by atoms with Gasteiger partial charge in [-0.3, -0.25) is 14.4 Å². The molecule has 0 aliphatic heterocycles. The van der Waals surface area contributed by atoms with Crippen LogP contribution in [0.5, 0.6) is 0 Å². The number of carboxylic acids is 1. The SMILES string of the molecule is CCC(C)C(NC(=O)C(NC(=O)C(Cc1ccccc1)NC(=O)C(N)CCCCN)C(C)O)C(=O)O. The first-order valence-corrected chi connectivity index (χ1v) is 12.3. The molecule has 9 N–H and O–H groups in total. The van der Waals surface area contributed by atoms with E-state index in [1.54, 1.807) is 38.1 Å². The minimum absolute atomic E-state index is 0.118. The van der Waals surface area contributed by atoms with Crippen molar-refractivity contribution in [1.29, 1.82) is 0 Å².